The van der Waals surface area contributed by atoms with Crippen molar-refractivity contribution in [1.82, 2.24) is 9.97 Å². The predicted molar refractivity (Wildman–Crippen MR) is 55.4 cm³/mol. The fourth-order valence-corrected chi connectivity index (χ4v) is 1.24. The molecule has 0 aliphatic heterocycles. The van der Waals surface area contributed by atoms with Gasteiger partial charge in [0, 0.05) is 30.7 Å². The van der Waals surface area contributed by atoms with Crippen molar-refractivity contribution in [3.05, 3.63) is 48.4 Å². The van der Waals surface area contributed by atoms with Crippen LogP contribution in [0.1, 0.15) is 5.56 Å². The minimum atomic E-state index is 0.531. The molecule has 0 saturated heterocycles. The third-order valence-corrected chi connectivity index (χ3v) is 2.04. The summed E-state index contributed by atoms with van der Waals surface area (Å²) in [5.41, 5.74) is 8.55. The monoisotopic (exact) mass is 185 g/mol. The highest BCUT2D eigenvalue weighted by Crippen LogP contribution is 2.14. The Labute approximate surface area is 82.6 Å². The molecule has 3 nitrogen and oxygen atoms in total. The Balaban J connectivity index is 2.34. The molecule has 0 amide bonds. The maximum atomic E-state index is 5.49. The third kappa shape index (κ3) is 1.78. The van der Waals surface area contributed by atoms with Gasteiger partial charge in [0.05, 0.1) is 5.69 Å². The molecule has 2 rings (SSSR count). The van der Waals surface area contributed by atoms with Crippen LogP contribution in [0.2, 0.25) is 0 Å². The molecule has 0 aromatic carbocycles. The molecule has 3 heteroatoms. The number of hydrogen-bond acceptors (Lipinski definition) is 3. The maximum Gasteiger partial charge on any atom is 0.0703 e. The van der Waals surface area contributed by atoms with Crippen molar-refractivity contribution in [2.24, 2.45) is 5.73 Å². The molecule has 2 N–H and O–H groups in total. The molecule has 0 fully saturated rings. The van der Waals surface area contributed by atoms with Crippen LogP contribution in [0.4, 0.5) is 0 Å². The summed E-state index contributed by atoms with van der Waals surface area (Å²) in [5.74, 6) is 0. The highest BCUT2D eigenvalue weighted by molar-refractivity contribution is 5.57. The lowest BCUT2D eigenvalue weighted by molar-refractivity contribution is 1.05. The zero-order valence-electron chi connectivity index (χ0n) is 7.72. The minimum absolute atomic E-state index is 0.531. The van der Waals surface area contributed by atoms with E-state index in [1.807, 2.05) is 24.3 Å². The van der Waals surface area contributed by atoms with Gasteiger partial charge in [-0.05, 0) is 23.8 Å². The van der Waals surface area contributed by atoms with E-state index in [2.05, 4.69) is 9.97 Å². The predicted octanol–water partition coefficient (Wildman–Crippen LogP) is 1.60. The third-order valence-electron chi connectivity index (χ3n) is 2.04. The van der Waals surface area contributed by atoms with Gasteiger partial charge in [-0.1, -0.05) is 6.07 Å². The second-order valence-corrected chi connectivity index (χ2v) is 2.99. The van der Waals surface area contributed by atoms with Crippen molar-refractivity contribution in [1.29, 1.82) is 0 Å². The number of pyridine rings is 2. The summed E-state index contributed by atoms with van der Waals surface area (Å²) < 4.78 is 0. The van der Waals surface area contributed by atoms with Crippen LogP contribution in [0.3, 0.4) is 0 Å². The van der Waals surface area contributed by atoms with E-state index in [1.54, 1.807) is 18.6 Å². The van der Waals surface area contributed by atoms with Gasteiger partial charge in [-0.15, -0.1) is 0 Å². The zero-order chi connectivity index (χ0) is 9.80. The quantitative estimate of drug-likeness (QED) is 0.773. The molecule has 0 unspecified atom stereocenters. The summed E-state index contributed by atoms with van der Waals surface area (Å²) in [7, 11) is 0. The molecule has 2 aromatic rings. The molecule has 0 bridgehead atoms. The topological polar surface area (TPSA) is 51.8 Å². The lowest BCUT2D eigenvalue weighted by atomic mass is 10.1. The van der Waals surface area contributed by atoms with Gasteiger partial charge < -0.3 is 5.73 Å². The van der Waals surface area contributed by atoms with Gasteiger partial charge in [-0.2, -0.15) is 0 Å². The molecule has 14 heavy (non-hydrogen) atoms. The van der Waals surface area contributed by atoms with Crippen molar-refractivity contribution in [3.8, 4) is 11.3 Å². The summed E-state index contributed by atoms with van der Waals surface area (Å²) in [6, 6.07) is 7.83. The Bertz CT molecular complexity index is 395. The van der Waals surface area contributed by atoms with Crippen LogP contribution in [-0.2, 0) is 6.54 Å². The second-order valence-electron chi connectivity index (χ2n) is 2.99. The van der Waals surface area contributed by atoms with E-state index in [0.29, 0.717) is 6.54 Å². The Morgan fingerprint density at radius 3 is 2.43 bits per heavy atom. The van der Waals surface area contributed by atoms with Crippen molar-refractivity contribution in [2.75, 3.05) is 0 Å². The molecule has 0 atom stereocenters. The Morgan fingerprint density at radius 1 is 1.07 bits per heavy atom. The van der Waals surface area contributed by atoms with Gasteiger partial charge >= 0.3 is 0 Å². The van der Waals surface area contributed by atoms with E-state index in [1.165, 1.54) is 0 Å². The molecule has 70 valence electrons. The first-order chi connectivity index (χ1) is 6.90. The minimum Gasteiger partial charge on any atom is -0.326 e. The van der Waals surface area contributed by atoms with E-state index in [4.69, 9.17) is 5.73 Å². The van der Waals surface area contributed by atoms with Gasteiger partial charge in [-0.25, -0.2) is 0 Å². The number of hydrogen-bond donors (Lipinski definition) is 1. The average molecular weight is 185 g/mol. The number of nitrogens with two attached hydrogens (primary N) is 1. The van der Waals surface area contributed by atoms with Crippen LogP contribution < -0.4 is 5.73 Å². The van der Waals surface area contributed by atoms with E-state index in [9.17, 15) is 0 Å². The molecule has 0 aliphatic carbocycles. The van der Waals surface area contributed by atoms with Crippen molar-refractivity contribution in [2.45, 2.75) is 6.54 Å². The summed E-state index contributed by atoms with van der Waals surface area (Å²) in [6.07, 6.45) is 5.32. The second kappa shape index (κ2) is 3.98. The van der Waals surface area contributed by atoms with Gasteiger partial charge in [0.25, 0.3) is 0 Å². The number of nitrogens with zero attached hydrogens (tertiary/aromatic N) is 2. The SMILES string of the molecule is NCc1ccc(-c2ccncc2)nc1. The maximum absolute atomic E-state index is 5.49. The standard InChI is InChI=1S/C11H11N3/c12-7-9-1-2-11(14-8-9)10-3-5-13-6-4-10/h1-6,8H,7,12H2. The fourth-order valence-electron chi connectivity index (χ4n) is 1.24. The molecular weight excluding hydrogens is 174 g/mol. The molecule has 0 aliphatic rings. The first kappa shape index (κ1) is 8.84. The molecule has 0 radical (unpaired) electrons. The van der Waals surface area contributed by atoms with Gasteiger partial charge in [0.1, 0.15) is 0 Å². The highest BCUT2D eigenvalue weighted by atomic mass is 14.7. The smallest absolute Gasteiger partial charge is 0.0703 e. The zero-order valence-corrected chi connectivity index (χ0v) is 7.72. The van der Waals surface area contributed by atoms with Crippen molar-refractivity contribution < 1.29 is 0 Å². The summed E-state index contributed by atoms with van der Waals surface area (Å²) in [6.45, 7) is 0.531. The number of rotatable bonds is 2. The first-order valence-corrected chi connectivity index (χ1v) is 4.45. The normalized spacial score (nSPS) is 10.1. The lowest BCUT2D eigenvalue weighted by Crippen LogP contribution is -1.96. The van der Waals surface area contributed by atoms with Crippen LogP contribution in [-0.4, -0.2) is 9.97 Å². The molecular formula is C11H11N3. The van der Waals surface area contributed by atoms with Gasteiger partial charge in [-0.3, -0.25) is 9.97 Å². The Hall–Kier alpha value is -1.74. The van der Waals surface area contributed by atoms with E-state index >= 15 is 0 Å². The van der Waals surface area contributed by atoms with Crippen LogP contribution in [0.25, 0.3) is 11.3 Å². The summed E-state index contributed by atoms with van der Waals surface area (Å²) in [4.78, 5) is 8.27. The summed E-state index contributed by atoms with van der Waals surface area (Å²) in [5, 5.41) is 0. The van der Waals surface area contributed by atoms with Gasteiger partial charge in [0.15, 0.2) is 0 Å². The van der Waals surface area contributed by atoms with Crippen LogP contribution >= 0.6 is 0 Å². The van der Waals surface area contributed by atoms with Crippen LogP contribution in [0, 0.1) is 0 Å². The van der Waals surface area contributed by atoms with E-state index in [-0.39, 0.29) is 0 Å². The average Bonchev–Trinajstić information content (AvgIpc) is 2.30. The van der Waals surface area contributed by atoms with Crippen molar-refractivity contribution in [3.63, 3.8) is 0 Å². The molecule has 2 heterocycles. The number of aromatic nitrogens is 2. The Kier molecular flexibility index (Phi) is 2.51. The largest absolute Gasteiger partial charge is 0.326 e. The summed E-state index contributed by atoms with van der Waals surface area (Å²) >= 11 is 0. The lowest BCUT2D eigenvalue weighted by Gasteiger charge is -2.00. The molecule has 0 spiro atoms. The Morgan fingerprint density at radius 2 is 1.86 bits per heavy atom. The fraction of sp³-hybridized carbons (Fsp3) is 0.0909. The van der Waals surface area contributed by atoms with E-state index in [0.717, 1.165) is 16.8 Å². The first-order valence-electron chi connectivity index (χ1n) is 4.45. The van der Waals surface area contributed by atoms with Crippen LogP contribution in [0.5, 0.6) is 0 Å². The van der Waals surface area contributed by atoms with Gasteiger partial charge in [0.2, 0.25) is 0 Å². The highest BCUT2D eigenvalue weighted by Gasteiger charge is 1.97. The van der Waals surface area contributed by atoms with Crippen LogP contribution in [0.15, 0.2) is 42.9 Å². The molecule has 2 aromatic heterocycles. The van der Waals surface area contributed by atoms with E-state index < -0.39 is 0 Å². The molecule has 0 saturated carbocycles. The van der Waals surface area contributed by atoms with Crippen molar-refractivity contribution >= 4 is 0 Å².